The number of aromatic amines is 1. The van der Waals surface area contributed by atoms with Crippen LogP contribution >= 0.6 is 0 Å². The summed E-state index contributed by atoms with van der Waals surface area (Å²) in [5, 5.41) is 20.1. The normalized spacial score (nSPS) is 24.2. The molecular weight excluding hydrogens is 648 g/mol. The predicted molar refractivity (Wildman–Crippen MR) is 191 cm³/mol. The molecule has 3 heterocycles. The molecule has 6 atom stereocenters. The van der Waals surface area contributed by atoms with Crippen molar-refractivity contribution in [2.75, 3.05) is 19.6 Å². The van der Waals surface area contributed by atoms with Crippen molar-refractivity contribution in [3.8, 4) is 0 Å². The second-order valence-corrected chi connectivity index (χ2v) is 13.6. The van der Waals surface area contributed by atoms with Gasteiger partial charge in [-0.3, -0.25) is 24.0 Å². The van der Waals surface area contributed by atoms with E-state index in [1.54, 1.807) is 13.1 Å². The van der Waals surface area contributed by atoms with Crippen molar-refractivity contribution < 1.29 is 29.1 Å². The van der Waals surface area contributed by atoms with E-state index in [-0.39, 0.29) is 50.7 Å². The molecule has 5 N–H and O–H groups in total. The highest BCUT2D eigenvalue weighted by atomic mass is 16.3. The van der Waals surface area contributed by atoms with Gasteiger partial charge in [-0.25, -0.2) is 0 Å². The molecule has 2 aliphatic rings. The van der Waals surface area contributed by atoms with Crippen molar-refractivity contribution in [1.29, 1.82) is 0 Å². The predicted octanol–water partition coefficient (Wildman–Crippen LogP) is 2.56. The zero-order chi connectivity index (χ0) is 36.1. The number of benzene rings is 3. The first-order chi connectivity index (χ1) is 24.6. The Hall–Kier alpha value is -5.49. The fourth-order valence-electron chi connectivity index (χ4n) is 7.00. The molecule has 2 saturated heterocycles. The molecule has 12 heteroatoms. The average molecular weight is 693 g/mol. The van der Waals surface area contributed by atoms with E-state index in [4.69, 9.17) is 0 Å². The Labute approximate surface area is 296 Å². The second-order valence-electron chi connectivity index (χ2n) is 13.6. The summed E-state index contributed by atoms with van der Waals surface area (Å²) >= 11 is 0. The van der Waals surface area contributed by atoms with Gasteiger partial charge in [0, 0.05) is 49.5 Å². The van der Waals surface area contributed by atoms with Crippen LogP contribution in [0.4, 0.5) is 0 Å². The van der Waals surface area contributed by atoms with E-state index < -0.39 is 53.9 Å². The fourth-order valence-corrected chi connectivity index (χ4v) is 7.00. The van der Waals surface area contributed by atoms with Crippen LogP contribution in [-0.2, 0) is 30.4 Å². The van der Waals surface area contributed by atoms with Crippen LogP contribution in [0, 0.1) is 0 Å². The largest absolute Gasteiger partial charge is 0.391 e. The van der Waals surface area contributed by atoms with E-state index in [1.165, 1.54) is 9.80 Å². The molecule has 0 spiro atoms. The standard InChI is InChI=1S/C39H44N6O6/c1-24(26-11-5-3-6-12-26)17-36(48)44-22-33(27-13-7-4-8-14-27)43-37(49)25(2)41-38(50)34-19-29(46)21-45(34)39(51)32(42-35(47)23-44)18-28-20-40-31-16-10-9-15-30(28)31/h3-16,20,24-25,29,32-34,40,46H,17-19,21-23H2,1-2H3,(H,41,50)(H,42,47)(H,43,49)/t24-,25+,29-,32-,33+,34+/m1/s1. The summed E-state index contributed by atoms with van der Waals surface area (Å²) in [6, 6.07) is 22.4. The third kappa shape index (κ3) is 8.29. The maximum Gasteiger partial charge on any atom is 0.246 e. The van der Waals surface area contributed by atoms with Crippen LogP contribution in [0.5, 0.6) is 0 Å². The molecule has 2 fully saturated rings. The minimum absolute atomic E-state index is 0.0197. The molecule has 266 valence electrons. The van der Waals surface area contributed by atoms with Crippen molar-refractivity contribution >= 4 is 40.4 Å². The number of rotatable bonds is 6. The lowest BCUT2D eigenvalue weighted by Gasteiger charge is -2.30. The Morgan fingerprint density at radius 1 is 0.863 bits per heavy atom. The Kier molecular flexibility index (Phi) is 10.8. The number of carbonyl (C=O) groups excluding carboxylic acids is 5. The molecule has 0 aliphatic carbocycles. The Bertz CT molecular complexity index is 1880. The maximum atomic E-state index is 14.3. The molecule has 12 nitrogen and oxygen atoms in total. The molecule has 4 aromatic rings. The average Bonchev–Trinajstić information content (AvgIpc) is 3.73. The zero-order valence-corrected chi connectivity index (χ0v) is 28.7. The van der Waals surface area contributed by atoms with Crippen LogP contribution in [0.1, 0.15) is 55.3 Å². The first kappa shape index (κ1) is 35.3. The molecular formula is C39H44N6O6. The third-order valence-corrected chi connectivity index (χ3v) is 9.81. The van der Waals surface area contributed by atoms with Crippen molar-refractivity contribution in [1.82, 2.24) is 30.7 Å². The topological polar surface area (TPSA) is 164 Å². The van der Waals surface area contributed by atoms with Crippen molar-refractivity contribution in [3.63, 3.8) is 0 Å². The SMILES string of the molecule is C[C@@H]1NC(=O)[C@@H]2C[C@@H](O)CN2C(=O)[C@@H](Cc2c[nH]c3ccccc23)NC(=O)CN(C(=O)C[C@@H](C)c2ccccc2)C[C@@H](c2ccccc2)NC1=O. The minimum atomic E-state index is -1.12. The van der Waals surface area contributed by atoms with Gasteiger partial charge >= 0.3 is 0 Å². The summed E-state index contributed by atoms with van der Waals surface area (Å²) in [6.07, 6.45) is 0.988. The number of aliphatic hydroxyl groups is 1. The summed E-state index contributed by atoms with van der Waals surface area (Å²) in [5.74, 6) is -2.67. The van der Waals surface area contributed by atoms with E-state index in [0.717, 1.165) is 22.0 Å². The van der Waals surface area contributed by atoms with Gasteiger partial charge in [-0.15, -0.1) is 0 Å². The molecule has 0 saturated carbocycles. The van der Waals surface area contributed by atoms with E-state index >= 15 is 0 Å². The van der Waals surface area contributed by atoms with Gasteiger partial charge in [0.25, 0.3) is 0 Å². The maximum absolute atomic E-state index is 14.3. The summed E-state index contributed by atoms with van der Waals surface area (Å²) in [4.78, 5) is 75.5. The number of amides is 5. The zero-order valence-electron chi connectivity index (χ0n) is 28.7. The Balaban J connectivity index is 1.36. The van der Waals surface area contributed by atoms with Crippen LogP contribution < -0.4 is 16.0 Å². The van der Waals surface area contributed by atoms with Gasteiger partial charge in [0.05, 0.1) is 18.7 Å². The Morgan fingerprint density at radius 3 is 2.29 bits per heavy atom. The van der Waals surface area contributed by atoms with Crippen molar-refractivity contribution in [2.24, 2.45) is 0 Å². The van der Waals surface area contributed by atoms with Gasteiger partial charge in [0.2, 0.25) is 29.5 Å². The number of hydrogen-bond donors (Lipinski definition) is 5. The van der Waals surface area contributed by atoms with Crippen molar-refractivity contribution in [2.45, 2.75) is 69.3 Å². The van der Waals surface area contributed by atoms with E-state index in [9.17, 15) is 29.1 Å². The quantitative estimate of drug-likeness (QED) is 0.209. The molecule has 0 radical (unpaired) electrons. The Morgan fingerprint density at radius 2 is 1.55 bits per heavy atom. The van der Waals surface area contributed by atoms with Gasteiger partial charge in [-0.05, 0) is 35.6 Å². The van der Waals surface area contributed by atoms with Crippen LogP contribution in [0.25, 0.3) is 10.9 Å². The van der Waals surface area contributed by atoms with Gasteiger partial charge in [0.1, 0.15) is 18.1 Å². The summed E-state index contributed by atoms with van der Waals surface area (Å²) in [5.41, 5.74) is 3.32. The summed E-state index contributed by atoms with van der Waals surface area (Å²) < 4.78 is 0. The molecule has 6 rings (SSSR count). The lowest BCUT2D eigenvalue weighted by Crippen LogP contribution is -2.56. The van der Waals surface area contributed by atoms with E-state index in [1.807, 2.05) is 91.9 Å². The molecule has 2 aliphatic heterocycles. The number of nitrogens with zero attached hydrogens (tertiary/aromatic N) is 2. The van der Waals surface area contributed by atoms with Gasteiger partial charge in [-0.1, -0.05) is 85.8 Å². The van der Waals surface area contributed by atoms with Crippen LogP contribution in [0.2, 0.25) is 0 Å². The van der Waals surface area contributed by atoms with Crippen LogP contribution in [-0.4, -0.2) is 93.3 Å². The molecule has 1 aromatic heterocycles. The van der Waals surface area contributed by atoms with Gasteiger partial charge in [0.15, 0.2) is 0 Å². The fraction of sp³-hybridized carbons (Fsp3) is 0.359. The van der Waals surface area contributed by atoms with Crippen LogP contribution in [0.3, 0.4) is 0 Å². The first-order valence-corrected chi connectivity index (χ1v) is 17.4. The number of aromatic nitrogens is 1. The molecule has 5 amide bonds. The lowest BCUT2D eigenvalue weighted by molar-refractivity contribution is -0.142. The highest BCUT2D eigenvalue weighted by Gasteiger charge is 2.42. The molecule has 51 heavy (non-hydrogen) atoms. The minimum Gasteiger partial charge on any atom is -0.391 e. The highest BCUT2D eigenvalue weighted by Crippen LogP contribution is 2.25. The number of fused-ring (bicyclic) bond motifs is 2. The molecule has 0 bridgehead atoms. The first-order valence-electron chi connectivity index (χ1n) is 17.4. The highest BCUT2D eigenvalue weighted by molar-refractivity contribution is 5.96. The summed E-state index contributed by atoms with van der Waals surface area (Å²) in [7, 11) is 0. The number of para-hydroxylation sites is 1. The van der Waals surface area contributed by atoms with Crippen molar-refractivity contribution in [3.05, 3.63) is 108 Å². The number of nitrogens with one attached hydrogen (secondary N) is 4. The summed E-state index contributed by atoms with van der Waals surface area (Å²) in [6.45, 7) is 2.96. The molecule has 3 aromatic carbocycles. The monoisotopic (exact) mass is 692 g/mol. The van der Waals surface area contributed by atoms with E-state index in [0.29, 0.717) is 5.56 Å². The third-order valence-electron chi connectivity index (χ3n) is 9.81. The van der Waals surface area contributed by atoms with Gasteiger partial charge in [-0.2, -0.15) is 0 Å². The van der Waals surface area contributed by atoms with Crippen LogP contribution in [0.15, 0.2) is 91.1 Å². The lowest BCUT2D eigenvalue weighted by atomic mass is 9.97. The number of hydrogen-bond acceptors (Lipinski definition) is 6. The second kappa shape index (κ2) is 15.6. The number of carbonyl (C=O) groups is 5. The van der Waals surface area contributed by atoms with Gasteiger partial charge < -0.3 is 35.8 Å². The number of H-pyrrole nitrogens is 1. The molecule has 0 unspecified atom stereocenters. The van der Waals surface area contributed by atoms with E-state index in [2.05, 4.69) is 20.9 Å². The smallest absolute Gasteiger partial charge is 0.246 e. The number of aliphatic hydroxyl groups excluding tert-OH is 1.